The molecule has 0 aliphatic carbocycles. The first-order chi connectivity index (χ1) is 7.99. The molecule has 1 aromatic rings. The Bertz CT molecular complexity index is 366. The summed E-state index contributed by atoms with van der Waals surface area (Å²) in [5, 5.41) is 0. The molecule has 2 N–H and O–H groups in total. The second kappa shape index (κ2) is 5.86. The van der Waals surface area contributed by atoms with Gasteiger partial charge in [-0.05, 0) is 12.5 Å². The summed E-state index contributed by atoms with van der Waals surface area (Å²) in [5.74, 6) is -0.0178. The Morgan fingerprint density at radius 1 is 1.35 bits per heavy atom. The average Bonchev–Trinajstić information content (AvgIpc) is 2.28. The normalized spacial score (nSPS) is 11.6. The maximum atomic E-state index is 12.4. The number of halogens is 3. The molecule has 0 bridgehead atoms. The minimum atomic E-state index is -4.46. The number of hydrogen-bond acceptors (Lipinski definition) is 3. The third kappa shape index (κ3) is 3.89. The topological polar surface area (TPSA) is 48.1 Å². The van der Waals surface area contributed by atoms with E-state index in [1.54, 1.807) is 0 Å². The van der Waals surface area contributed by atoms with Crippen LogP contribution in [-0.2, 0) is 12.7 Å². The van der Waals surface area contributed by atoms with Gasteiger partial charge in [-0.1, -0.05) is 19.4 Å². The summed E-state index contributed by atoms with van der Waals surface area (Å²) in [6.07, 6.45) is -2.80. The molecule has 0 saturated carbocycles. The number of unbranched alkanes of at least 4 members (excludes halogenated alkanes) is 1. The zero-order valence-electron chi connectivity index (χ0n) is 9.55. The molecule has 0 atom stereocenters. The van der Waals surface area contributed by atoms with E-state index in [2.05, 4.69) is 4.98 Å². The van der Waals surface area contributed by atoms with Gasteiger partial charge in [-0.15, -0.1) is 0 Å². The van der Waals surface area contributed by atoms with E-state index in [-0.39, 0.29) is 12.4 Å². The number of hydrogen-bond donors (Lipinski definition) is 1. The Balaban J connectivity index is 2.90. The second-order valence-electron chi connectivity index (χ2n) is 3.56. The van der Waals surface area contributed by atoms with Crippen LogP contribution in [0.4, 0.5) is 13.2 Å². The van der Waals surface area contributed by atoms with Crippen molar-refractivity contribution in [2.75, 3.05) is 6.61 Å². The highest BCUT2D eigenvalue weighted by Crippen LogP contribution is 2.30. The zero-order chi connectivity index (χ0) is 12.9. The highest BCUT2D eigenvalue weighted by Gasteiger charge is 2.33. The fourth-order valence-corrected chi connectivity index (χ4v) is 1.22. The van der Waals surface area contributed by atoms with Crippen molar-refractivity contribution in [2.45, 2.75) is 32.5 Å². The highest BCUT2D eigenvalue weighted by atomic mass is 19.4. The van der Waals surface area contributed by atoms with Crippen molar-refractivity contribution in [3.05, 3.63) is 23.4 Å². The minimum Gasteiger partial charge on any atom is -0.477 e. The molecule has 0 saturated heterocycles. The van der Waals surface area contributed by atoms with Gasteiger partial charge in [-0.25, -0.2) is 4.98 Å². The van der Waals surface area contributed by atoms with Crippen molar-refractivity contribution < 1.29 is 17.9 Å². The van der Waals surface area contributed by atoms with E-state index < -0.39 is 11.9 Å². The lowest BCUT2D eigenvalue weighted by Crippen LogP contribution is -2.12. The standard InChI is InChI=1S/C11H15F3N2O/c1-2-3-6-17-10-8(7-15)4-5-9(16-10)11(12,13)14/h4-5H,2-3,6-7,15H2,1H3. The Kier molecular flexibility index (Phi) is 4.74. The van der Waals surface area contributed by atoms with Gasteiger partial charge >= 0.3 is 6.18 Å². The number of pyridine rings is 1. The van der Waals surface area contributed by atoms with Crippen LogP contribution in [0.1, 0.15) is 31.0 Å². The van der Waals surface area contributed by atoms with Crippen LogP contribution in [0, 0.1) is 0 Å². The summed E-state index contributed by atoms with van der Waals surface area (Å²) in [7, 11) is 0. The maximum Gasteiger partial charge on any atom is 0.433 e. The smallest absolute Gasteiger partial charge is 0.433 e. The summed E-state index contributed by atoms with van der Waals surface area (Å²) in [5.41, 5.74) is 4.94. The van der Waals surface area contributed by atoms with Gasteiger partial charge in [-0.3, -0.25) is 0 Å². The zero-order valence-corrected chi connectivity index (χ0v) is 9.55. The van der Waals surface area contributed by atoms with E-state index in [4.69, 9.17) is 10.5 Å². The molecule has 0 aliphatic rings. The van der Waals surface area contributed by atoms with Crippen LogP contribution in [0.2, 0.25) is 0 Å². The molecule has 0 unspecified atom stereocenters. The first-order valence-corrected chi connectivity index (χ1v) is 5.39. The molecule has 0 aliphatic heterocycles. The van der Waals surface area contributed by atoms with Crippen LogP contribution in [-0.4, -0.2) is 11.6 Å². The van der Waals surface area contributed by atoms with E-state index in [0.717, 1.165) is 18.9 Å². The Morgan fingerprint density at radius 3 is 2.59 bits per heavy atom. The number of rotatable bonds is 5. The molecular formula is C11H15F3N2O. The molecule has 0 spiro atoms. The van der Waals surface area contributed by atoms with E-state index in [9.17, 15) is 13.2 Å². The van der Waals surface area contributed by atoms with Crippen molar-refractivity contribution in [2.24, 2.45) is 5.73 Å². The van der Waals surface area contributed by atoms with Crippen LogP contribution >= 0.6 is 0 Å². The summed E-state index contributed by atoms with van der Waals surface area (Å²) in [6, 6.07) is 2.21. The molecule has 3 nitrogen and oxygen atoms in total. The molecule has 1 rings (SSSR count). The number of nitrogens with zero attached hydrogens (tertiary/aromatic N) is 1. The Morgan fingerprint density at radius 2 is 2.06 bits per heavy atom. The van der Waals surface area contributed by atoms with Crippen molar-refractivity contribution in [3.8, 4) is 5.88 Å². The van der Waals surface area contributed by atoms with Crippen molar-refractivity contribution in [1.29, 1.82) is 0 Å². The largest absolute Gasteiger partial charge is 0.477 e. The molecular weight excluding hydrogens is 233 g/mol. The fraction of sp³-hybridized carbons (Fsp3) is 0.545. The first kappa shape index (κ1) is 13.8. The fourth-order valence-electron chi connectivity index (χ4n) is 1.22. The van der Waals surface area contributed by atoms with Crippen LogP contribution in [0.5, 0.6) is 5.88 Å². The minimum absolute atomic E-state index is 0.0178. The third-order valence-corrected chi connectivity index (χ3v) is 2.19. The molecule has 96 valence electrons. The second-order valence-corrected chi connectivity index (χ2v) is 3.56. The van der Waals surface area contributed by atoms with Gasteiger partial charge in [0.1, 0.15) is 5.69 Å². The Labute approximate surface area is 97.8 Å². The molecule has 0 fully saturated rings. The quantitative estimate of drug-likeness (QED) is 0.815. The van der Waals surface area contributed by atoms with Crippen molar-refractivity contribution >= 4 is 0 Å². The van der Waals surface area contributed by atoms with E-state index in [0.29, 0.717) is 12.2 Å². The van der Waals surface area contributed by atoms with Crippen LogP contribution in [0.15, 0.2) is 12.1 Å². The van der Waals surface area contributed by atoms with E-state index >= 15 is 0 Å². The van der Waals surface area contributed by atoms with Crippen LogP contribution < -0.4 is 10.5 Å². The maximum absolute atomic E-state index is 12.4. The third-order valence-electron chi connectivity index (χ3n) is 2.19. The summed E-state index contributed by atoms with van der Waals surface area (Å²) < 4.78 is 42.5. The molecule has 0 radical (unpaired) electrons. The van der Waals surface area contributed by atoms with Gasteiger partial charge in [0.05, 0.1) is 6.61 Å². The van der Waals surface area contributed by atoms with E-state index in [1.165, 1.54) is 6.07 Å². The number of aromatic nitrogens is 1. The highest BCUT2D eigenvalue weighted by molar-refractivity contribution is 5.29. The van der Waals surface area contributed by atoms with Gasteiger partial charge in [-0.2, -0.15) is 13.2 Å². The molecule has 0 amide bonds. The van der Waals surface area contributed by atoms with Gasteiger partial charge < -0.3 is 10.5 Å². The van der Waals surface area contributed by atoms with Gasteiger partial charge in [0.15, 0.2) is 0 Å². The lowest BCUT2D eigenvalue weighted by atomic mass is 10.2. The SMILES string of the molecule is CCCCOc1nc(C(F)(F)F)ccc1CN. The summed E-state index contributed by atoms with van der Waals surface area (Å²) >= 11 is 0. The monoisotopic (exact) mass is 248 g/mol. The summed E-state index contributed by atoms with van der Waals surface area (Å²) in [4.78, 5) is 3.46. The predicted molar refractivity (Wildman–Crippen MR) is 57.5 cm³/mol. The van der Waals surface area contributed by atoms with E-state index in [1.807, 2.05) is 6.92 Å². The molecule has 17 heavy (non-hydrogen) atoms. The number of ether oxygens (including phenoxy) is 1. The van der Waals surface area contributed by atoms with Crippen molar-refractivity contribution in [3.63, 3.8) is 0 Å². The predicted octanol–water partition coefficient (Wildman–Crippen LogP) is 2.74. The molecule has 1 heterocycles. The van der Waals surface area contributed by atoms with Gasteiger partial charge in [0, 0.05) is 12.1 Å². The average molecular weight is 248 g/mol. The van der Waals surface area contributed by atoms with Gasteiger partial charge in [0.2, 0.25) is 5.88 Å². The van der Waals surface area contributed by atoms with Crippen molar-refractivity contribution in [1.82, 2.24) is 4.98 Å². The molecule has 6 heteroatoms. The van der Waals surface area contributed by atoms with Crippen LogP contribution in [0.25, 0.3) is 0 Å². The Hall–Kier alpha value is -1.30. The molecule has 0 aromatic carbocycles. The first-order valence-electron chi connectivity index (χ1n) is 5.39. The van der Waals surface area contributed by atoms with Crippen LogP contribution in [0.3, 0.4) is 0 Å². The lowest BCUT2D eigenvalue weighted by Gasteiger charge is -2.12. The summed E-state index contributed by atoms with van der Waals surface area (Å²) in [6.45, 7) is 2.41. The molecule has 1 aromatic heterocycles. The number of alkyl halides is 3. The lowest BCUT2D eigenvalue weighted by molar-refractivity contribution is -0.141. The number of nitrogens with two attached hydrogens (primary N) is 1. The van der Waals surface area contributed by atoms with Gasteiger partial charge in [0.25, 0.3) is 0 Å².